The first-order valence-corrected chi connectivity index (χ1v) is 10.1. The molecular weight excluding hydrogens is 352 g/mol. The highest BCUT2D eigenvalue weighted by Crippen LogP contribution is 2.23. The van der Waals surface area contributed by atoms with Gasteiger partial charge >= 0.3 is 0 Å². The van der Waals surface area contributed by atoms with Crippen LogP contribution < -0.4 is 14.7 Å². The van der Waals surface area contributed by atoms with E-state index < -0.39 is 0 Å². The molecule has 0 unspecified atom stereocenters. The largest absolute Gasteiger partial charge is 0.378 e. The number of rotatable bonds is 5. The van der Waals surface area contributed by atoms with Crippen LogP contribution in [-0.2, 0) is 11.3 Å². The van der Waals surface area contributed by atoms with E-state index in [1.807, 2.05) is 14.1 Å². The molecule has 150 valence electrons. The van der Waals surface area contributed by atoms with Crippen LogP contribution >= 0.6 is 0 Å². The second kappa shape index (κ2) is 8.75. The van der Waals surface area contributed by atoms with Gasteiger partial charge in [0.15, 0.2) is 0 Å². The van der Waals surface area contributed by atoms with Crippen molar-refractivity contribution >= 4 is 17.6 Å². The van der Waals surface area contributed by atoms with Crippen molar-refractivity contribution in [3.8, 4) is 0 Å². The first-order chi connectivity index (χ1) is 13.7. The van der Waals surface area contributed by atoms with Crippen molar-refractivity contribution < 1.29 is 4.74 Å². The van der Waals surface area contributed by atoms with Crippen molar-refractivity contribution in [3.63, 3.8) is 0 Å². The molecule has 0 spiro atoms. The molecule has 0 saturated carbocycles. The molecule has 1 aromatic carbocycles. The number of anilines is 3. The third kappa shape index (κ3) is 4.54. The topological polar surface area (TPSA) is 48.0 Å². The zero-order valence-electron chi connectivity index (χ0n) is 16.9. The van der Waals surface area contributed by atoms with Gasteiger partial charge in [-0.05, 0) is 5.56 Å². The van der Waals surface area contributed by atoms with Crippen molar-refractivity contribution in [2.24, 2.45) is 0 Å². The Hall–Kier alpha value is -2.38. The van der Waals surface area contributed by atoms with Crippen molar-refractivity contribution in [2.75, 3.05) is 81.3 Å². The number of hydrogen-bond donors (Lipinski definition) is 0. The predicted octanol–water partition coefficient (Wildman–Crippen LogP) is 1.70. The van der Waals surface area contributed by atoms with Crippen LogP contribution in [0.15, 0.2) is 36.4 Å². The van der Waals surface area contributed by atoms with Crippen molar-refractivity contribution in [2.45, 2.75) is 6.54 Å². The quantitative estimate of drug-likeness (QED) is 0.780. The number of piperazine rings is 1. The molecule has 0 radical (unpaired) electrons. The highest BCUT2D eigenvalue weighted by atomic mass is 16.5. The van der Waals surface area contributed by atoms with Crippen LogP contribution in [0.25, 0.3) is 0 Å². The zero-order chi connectivity index (χ0) is 19.3. The predicted molar refractivity (Wildman–Crippen MR) is 113 cm³/mol. The van der Waals surface area contributed by atoms with Crippen molar-refractivity contribution in [1.82, 2.24) is 14.9 Å². The van der Waals surface area contributed by atoms with Gasteiger partial charge in [0.2, 0.25) is 5.95 Å². The lowest BCUT2D eigenvalue weighted by molar-refractivity contribution is 0.122. The Labute approximate surface area is 167 Å². The SMILES string of the molecule is CN(C)c1cc(N2CCOCC2)nc(N2CCN(Cc3ccccc3)CC2)n1. The molecule has 7 heteroatoms. The number of nitrogens with zero attached hydrogens (tertiary/aromatic N) is 6. The molecular formula is C21H30N6O. The average Bonchev–Trinajstić information content (AvgIpc) is 2.75. The Balaban J connectivity index is 1.45. The van der Waals surface area contributed by atoms with Crippen molar-refractivity contribution in [3.05, 3.63) is 42.0 Å². The molecule has 0 bridgehead atoms. The lowest BCUT2D eigenvalue weighted by Gasteiger charge is -2.36. The molecule has 1 aromatic heterocycles. The highest BCUT2D eigenvalue weighted by Gasteiger charge is 2.22. The molecule has 2 aromatic rings. The Bertz CT molecular complexity index is 755. The summed E-state index contributed by atoms with van der Waals surface area (Å²) in [4.78, 5) is 18.9. The van der Waals surface area contributed by atoms with Gasteiger partial charge in [0.25, 0.3) is 0 Å². The third-order valence-corrected chi connectivity index (χ3v) is 5.38. The minimum atomic E-state index is 0.759. The van der Waals surface area contributed by atoms with Gasteiger partial charge in [0, 0.05) is 66.0 Å². The fraction of sp³-hybridized carbons (Fsp3) is 0.524. The summed E-state index contributed by atoms with van der Waals surface area (Å²) in [6, 6.07) is 12.8. The van der Waals surface area contributed by atoms with Crippen LogP contribution in [0.3, 0.4) is 0 Å². The average molecular weight is 383 g/mol. The maximum atomic E-state index is 5.49. The van der Waals surface area contributed by atoms with Crippen LogP contribution in [0.4, 0.5) is 17.6 Å². The van der Waals surface area contributed by atoms with E-state index in [4.69, 9.17) is 14.7 Å². The van der Waals surface area contributed by atoms with E-state index in [0.717, 1.165) is 76.6 Å². The maximum absolute atomic E-state index is 5.49. The van der Waals surface area contributed by atoms with Crippen LogP contribution in [-0.4, -0.2) is 81.4 Å². The summed E-state index contributed by atoms with van der Waals surface area (Å²) in [5.74, 6) is 2.80. The fourth-order valence-electron chi connectivity index (χ4n) is 3.68. The maximum Gasteiger partial charge on any atom is 0.229 e. The fourth-order valence-corrected chi connectivity index (χ4v) is 3.68. The highest BCUT2D eigenvalue weighted by molar-refractivity contribution is 5.55. The molecule has 0 atom stereocenters. The Morgan fingerprint density at radius 2 is 1.61 bits per heavy atom. The van der Waals surface area contributed by atoms with E-state index in [2.05, 4.69) is 56.0 Å². The summed E-state index contributed by atoms with van der Waals surface area (Å²) in [7, 11) is 4.07. The van der Waals surface area contributed by atoms with Crippen LogP contribution in [0.2, 0.25) is 0 Å². The van der Waals surface area contributed by atoms with E-state index in [1.54, 1.807) is 0 Å². The third-order valence-electron chi connectivity index (χ3n) is 5.38. The molecule has 4 rings (SSSR count). The number of hydrogen-bond acceptors (Lipinski definition) is 7. The molecule has 0 amide bonds. The molecule has 7 nitrogen and oxygen atoms in total. The van der Waals surface area contributed by atoms with E-state index in [9.17, 15) is 0 Å². The Morgan fingerprint density at radius 3 is 2.29 bits per heavy atom. The van der Waals surface area contributed by atoms with E-state index in [0.29, 0.717) is 0 Å². The molecule has 2 aliphatic heterocycles. The summed E-state index contributed by atoms with van der Waals surface area (Å²) in [5.41, 5.74) is 1.37. The second-order valence-electron chi connectivity index (χ2n) is 7.63. The summed E-state index contributed by atoms with van der Waals surface area (Å²) in [6.07, 6.45) is 0. The van der Waals surface area contributed by atoms with Gasteiger partial charge in [-0.2, -0.15) is 9.97 Å². The summed E-state index contributed by atoms with van der Waals surface area (Å²) in [5, 5.41) is 0. The van der Waals surface area contributed by atoms with Gasteiger partial charge in [-0.3, -0.25) is 4.90 Å². The van der Waals surface area contributed by atoms with E-state index >= 15 is 0 Å². The first kappa shape index (κ1) is 19.0. The van der Waals surface area contributed by atoms with Gasteiger partial charge in [-0.15, -0.1) is 0 Å². The van der Waals surface area contributed by atoms with Crippen LogP contribution in [0, 0.1) is 0 Å². The van der Waals surface area contributed by atoms with Gasteiger partial charge < -0.3 is 19.4 Å². The second-order valence-corrected chi connectivity index (χ2v) is 7.63. The summed E-state index contributed by atoms with van der Waals surface area (Å²) >= 11 is 0. The minimum absolute atomic E-state index is 0.759. The van der Waals surface area contributed by atoms with Crippen molar-refractivity contribution in [1.29, 1.82) is 0 Å². The normalized spacial score (nSPS) is 18.4. The Morgan fingerprint density at radius 1 is 0.893 bits per heavy atom. The number of benzene rings is 1. The first-order valence-electron chi connectivity index (χ1n) is 10.1. The standard InChI is InChI=1S/C21H30N6O/c1-24(2)19-16-20(26-12-14-28-15-13-26)23-21(22-19)27-10-8-25(9-11-27)17-18-6-4-3-5-7-18/h3-7,16H,8-15,17H2,1-2H3. The van der Waals surface area contributed by atoms with Gasteiger partial charge in [-0.1, -0.05) is 30.3 Å². The summed E-state index contributed by atoms with van der Waals surface area (Å²) < 4.78 is 5.49. The number of aromatic nitrogens is 2. The van der Waals surface area contributed by atoms with Gasteiger partial charge in [0.05, 0.1) is 13.2 Å². The molecule has 2 saturated heterocycles. The molecule has 2 aliphatic rings. The van der Waals surface area contributed by atoms with Gasteiger partial charge in [0.1, 0.15) is 11.6 Å². The zero-order valence-corrected chi connectivity index (χ0v) is 16.9. The molecule has 28 heavy (non-hydrogen) atoms. The van der Waals surface area contributed by atoms with Gasteiger partial charge in [-0.25, -0.2) is 0 Å². The summed E-state index contributed by atoms with van der Waals surface area (Å²) in [6.45, 7) is 8.24. The monoisotopic (exact) mass is 382 g/mol. The van der Waals surface area contributed by atoms with Crippen LogP contribution in [0.5, 0.6) is 0 Å². The lowest BCUT2D eigenvalue weighted by atomic mass is 10.2. The Kier molecular flexibility index (Phi) is 5.92. The smallest absolute Gasteiger partial charge is 0.229 e. The number of ether oxygens (including phenoxy) is 1. The van der Waals surface area contributed by atoms with E-state index in [-0.39, 0.29) is 0 Å². The molecule has 0 aliphatic carbocycles. The van der Waals surface area contributed by atoms with E-state index in [1.165, 1.54) is 5.56 Å². The molecule has 3 heterocycles. The minimum Gasteiger partial charge on any atom is -0.378 e. The number of morpholine rings is 1. The molecule has 2 fully saturated rings. The lowest BCUT2D eigenvalue weighted by Crippen LogP contribution is -2.46. The van der Waals surface area contributed by atoms with Crippen LogP contribution in [0.1, 0.15) is 5.56 Å². The molecule has 0 N–H and O–H groups in total.